The lowest BCUT2D eigenvalue weighted by Crippen LogP contribution is -2.29. The minimum atomic E-state index is -4.73. The molecule has 0 aliphatic heterocycles. The number of unbranched alkanes of at least 4 members (excludes halogenated alkanes) is 2. The topological polar surface area (TPSA) is 119 Å². The Bertz CT molecular complexity index is 706. The van der Waals surface area contributed by atoms with E-state index in [4.69, 9.17) is 19.3 Å². The molecule has 0 radical (unpaired) electrons. The molecule has 0 saturated carbocycles. The highest BCUT2D eigenvalue weighted by Crippen LogP contribution is 2.35. The smallest absolute Gasteiger partial charge is 0.462 e. The van der Waals surface area contributed by atoms with Crippen molar-refractivity contribution < 1.29 is 37.9 Å². The van der Waals surface area contributed by atoms with E-state index in [2.05, 4.69) is 60.1 Å². The van der Waals surface area contributed by atoms with E-state index >= 15 is 0 Å². The van der Waals surface area contributed by atoms with Gasteiger partial charge in [-0.3, -0.25) is 14.1 Å². The van der Waals surface area contributed by atoms with Gasteiger partial charge in [0.05, 0.1) is 6.61 Å². The van der Waals surface area contributed by atoms with Gasteiger partial charge >= 0.3 is 19.8 Å². The van der Waals surface area contributed by atoms with Gasteiger partial charge in [0.2, 0.25) is 0 Å². The molecule has 2 N–H and O–H groups in total. The van der Waals surface area contributed by atoms with Crippen LogP contribution in [0.4, 0.5) is 0 Å². The predicted octanol–water partition coefficient (Wildman–Crippen LogP) is 5.72. The Balaban J connectivity index is 4.07. The molecule has 0 spiro atoms. The Kier molecular flexibility index (Phi) is 20.3. The average Bonchev–Trinajstić information content (AvgIpc) is 2.78. The van der Waals surface area contributed by atoms with Gasteiger partial charge in [-0.05, 0) is 51.4 Å². The molecular weight excluding hydrogens is 459 g/mol. The number of rotatable bonds is 20. The first kappa shape index (κ1) is 32.0. The van der Waals surface area contributed by atoms with Crippen molar-refractivity contribution in [2.24, 2.45) is 0 Å². The van der Waals surface area contributed by atoms with Gasteiger partial charge in [-0.1, -0.05) is 62.5 Å². The minimum Gasteiger partial charge on any atom is -0.462 e. The Morgan fingerprint density at radius 2 is 1.38 bits per heavy atom. The van der Waals surface area contributed by atoms with Gasteiger partial charge in [0.1, 0.15) is 6.61 Å². The number of carbonyl (C=O) groups excluding carboxylic acids is 2. The molecule has 0 aromatic heterocycles. The molecule has 9 heteroatoms. The number of hydrogen-bond acceptors (Lipinski definition) is 6. The summed E-state index contributed by atoms with van der Waals surface area (Å²) in [6.07, 6.45) is 23.0. The molecule has 8 nitrogen and oxygen atoms in total. The molecule has 0 fully saturated rings. The van der Waals surface area contributed by atoms with Gasteiger partial charge in [-0.25, -0.2) is 4.57 Å². The number of phosphoric ester groups is 1. The van der Waals surface area contributed by atoms with Crippen molar-refractivity contribution in [2.75, 3.05) is 13.2 Å². The van der Waals surface area contributed by atoms with E-state index < -0.39 is 32.5 Å². The van der Waals surface area contributed by atoms with Crippen LogP contribution in [0, 0.1) is 0 Å². The summed E-state index contributed by atoms with van der Waals surface area (Å²) < 4.78 is 25.4. The van der Waals surface area contributed by atoms with Crippen LogP contribution in [0.25, 0.3) is 0 Å². The zero-order chi connectivity index (χ0) is 25.5. The fraction of sp³-hybridized carbons (Fsp3) is 0.600. The van der Waals surface area contributed by atoms with Crippen LogP contribution in [0.3, 0.4) is 0 Å². The maximum absolute atomic E-state index is 12.0. The molecule has 0 bridgehead atoms. The fourth-order valence-electron chi connectivity index (χ4n) is 2.63. The van der Waals surface area contributed by atoms with Gasteiger partial charge in [0.25, 0.3) is 0 Å². The van der Waals surface area contributed by atoms with Gasteiger partial charge in [0.15, 0.2) is 6.10 Å². The van der Waals surface area contributed by atoms with Crippen molar-refractivity contribution in [1.82, 2.24) is 0 Å². The first-order valence-electron chi connectivity index (χ1n) is 11.9. The highest BCUT2D eigenvalue weighted by atomic mass is 31.2. The van der Waals surface area contributed by atoms with Gasteiger partial charge < -0.3 is 19.3 Å². The molecule has 0 aliphatic rings. The monoisotopic (exact) mass is 500 g/mol. The summed E-state index contributed by atoms with van der Waals surface area (Å²) in [7, 11) is -4.73. The number of ether oxygens (including phenoxy) is 2. The third-order valence-corrected chi connectivity index (χ3v) is 4.82. The summed E-state index contributed by atoms with van der Waals surface area (Å²) in [5, 5.41) is 0. The summed E-state index contributed by atoms with van der Waals surface area (Å²) in [6.45, 7) is 3.06. The van der Waals surface area contributed by atoms with Gasteiger partial charge in [-0.2, -0.15) is 0 Å². The van der Waals surface area contributed by atoms with Crippen LogP contribution < -0.4 is 0 Å². The SMILES string of the molecule is CC/C=C\C/C=C\C/C=C\C/C=C\CCCCC(=O)OC(COC(=O)CCC)COP(=O)(O)O. The Labute approximate surface area is 204 Å². The van der Waals surface area contributed by atoms with Crippen LogP contribution in [0.15, 0.2) is 48.6 Å². The van der Waals surface area contributed by atoms with Crippen LogP contribution >= 0.6 is 7.82 Å². The lowest BCUT2D eigenvalue weighted by atomic mass is 10.2. The standard InChI is InChI=1S/C25H41O8P/c1-3-5-6-7-8-9-10-11-12-13-14-15-16-17-18-20-25(27)33-23(22-32-34(28,29)30)21-31-24(26)19-4-2/h5-6,8-9,11-12,14-15,23H,3-4,7,10,13,16-22H2,1-2H3,(H2,28,29,30)/b6-5-,9-8-,12-11-,15-14-. The van der Waals surface area contributed by atoms with E-state index in [0.29, 0.717) is 12.8 Å². The zero-order valence-electron chi connectivity index (χ0n) is 20.5. The second-order valence-corrected chi connectivity index (χ2v) is 8.82. The molecule has 34 heavy (non-hydrogen) atoms. The first-order valence-corrected chi connectivity index (χ1v) is 13.5. The number of phosphoric acid groups is 1. The molecular formula is C25H41O8P. The number of allylic oxidation sites excluding steroid dienone is 8. The molecule has 194 valence electrons. The molecule has 1 atom stereocenters. The Morgan fingerprint density at radius 3 is 1.94 bits per heavy atom. The zero-order valence-corrected chi connectivity index (χ0v) is 21.4. The fourth-order valence-corrected chi connectivity index (χ4v) is 2.99. The first-order chi connectivity index (χ1) is 16.3. The third kappa shape index (κ3) is 23.2. The van der Waals surface area contributed by atoms with E-state index in [0.717, 1.165) is 38.5 Å². The van der Waals surface area contributed by atoms with Crippen molar-refractivity contribution in [3.05, 3.63) is 48.6 Å². The highest BCUT2D eigenvalue weighted by Gasteiger charge is 2.22. The van der Waals surface area contributed by atoms with Crippen molar-refractivity contribution in [1.29, 1.82) is 0 Å². The normalized spacial score (nSPS) is 13.4. The average molecular weight is 501 g/mol. The van der Waals surface area contributed by atoms with Crippen molar-refractivity contribution in [3.63, 3.8) is 0 Å². The summed E-state index contributed by atoms with van der Waals surface area (Å²) in [6, 6.07) is 0. The van der Waals surface area contributed by atoms with Crippen LogP contribution in [0.1, 0.15) is 78.1 Å². The van der Waals surface area contributed by atoms with Crippen molar-refractivity contribution in [3.8, 4) is 0 Å². The second kappa shape index (κ2) is 21.5. The molecule has 0 heterocycles. The number of carbonyl (C=O) groups is 2. The van der Waals surface area contributed by atoms with E-state index in [1.165, 1.54) is 0 Å². The summed E-state index contributed by atoms with van der Waals surface area (Å²) in [5.74, 6) is -1.01. The summed E-state index contributed by atoms with van der Waals surface area (Å²) >= 11 is 0. The maximum Gasteiger partial charge on any atom is 0.469 e. The van der Waals surface area contributed by atoms with Gasteiger partial charge in [0, 0.05) is 12.8 Å². The largest absolute Gasteiger partial charge is 0.469 e. The van der Waals surface area contributed by atoms with Crippen molar-refractivity contribution in [2.45, 2.75) is 84.2 Å². The molecule has 0 aromatic rings. The van der Waals surface area contributed by atoms with Crippen LogP contribution in [0.5, 0.6) is 0 Å². The molecule has 0 saturated heterocycles. The third-order valence-electron chi connectivity index (χ3n) is 4.33. The van der Waals surface area contributed by atoms with Crippen molar-refractivity contribution >= 4 is 19.8 Å². The van der Waals surface area contributed by atoms with Crippen LogP contribution in [-0.2, 0) is 28.2 Å². The van der Waals surface area contributed by atoms with Crippen LogP contribution in [0.2, 0.25) is 0 Å². The molecule has 0 rings (SSSR count). The van der Waals surface area contributed by atoms with Crippen LogP contribution in [-0.4, -0.2) is 41.0 Å². The van der Waals surface area contributed by atoms with E-state index in [-0.39, 0.29) is 19.4 Å². The molecule has 1 unspecified atom stereocenters. The van der Waals surface area contributed by atoms with E-state index in [1.54, 1.807) is 0 Å². The lowest BCUT2D eigenvalue weighted by Gasteiger charge is -2.18. The Morgan fingerprint density at radius 1 is 0.794 bits per heavy atom. The lowest BCUT2D eigenvalue weighted by molar-refractivity contribution is -0.161. The highest BCUT2D eigenvalue weighted by molar-refractivity contribution is 7.46. The van der Waals surface area contributed by atoms with Gasteiger partial charge in [-0.15, -0.1) is 0 Å². The summed E-state index contributed by atoms with van der Waals surface area (Å²) in [5.41, 5.74) is 0. The Hall–Kier alpha value is -1.99. The second-order valence-electron chi connectivity index (χ2n) is 7.58. The number of esters is 2. The molecule has 0 aliphatic carbocycles. The molecule has 0 aromatic carbocycles. The predicted molar refractivity (Wildman–Crippen MR) is 133 cm³/mol. The maximum atomic E-state index is 12.0. The number of hydrogen-bond donors (Lipinski definition) is 2. The van der Waals surface area contributed by atoms with E-state index in [9.17, 15) is 14.2 Å². The quantitative estimate of drug-likeness (QED) is 0.0943. The molecule has 0 amide bonds. The van der Waals surface area contributed by atoms with E-state index in [1.807, 2.05) is 6.92 Å². The minimum absolute atomic E-state index is 0.156. The summed E-state index contributed by atoms with van der Waals surface area (Å²) in [4.78, 5) is 41.2.